The monoisotopic (exact) mass is 234 g/mol. The van der Waals surface area contributed by atoms with Gasteiger partial charge in [0.1, 0.15) is 12.1 Å². The smallest absolute Gasteiger partial charge is 0.132 e. The molecule has 2 N–H and O–H groups in total. The van der Waals surface area contributed by atoms with Gasteiger partial charge in [-0.2, -0.15) is 0 Å². The largest absolute Gasteiger partial charge is 0.352 e. The first-order valence-electron chi connectivity index (χ1n) is 6.52. The van der Waals surface area contributed by atoms with Crippen molar-refractivity contribution in [1.29, 1.82) is 0 Å². The van der Waals surface area contributed by atoms with Crippen LogP contribution < -0.4 is 10.6 Å². The Morgan fingerprint density at radius 3 is 3.00 bits per heavy atom. The summed E-state index contributed by atoms with van der Waals surface area (Å²) in [4.78, 5) is 11.0. The van der Waals surface area contributed by atoms with Crippen LogP contribution in [0.2, 0.25) is 0 Å². The number of aryl methyl sites for hydroxylation is 1. The van der Waals surface area contributed by atoms with Crippen LogP contribution in [0.4, 0.5) is 5.82 Å². The molecule has 0 saturated carbocycles. The molecule has 0 spiro atoms. The average molecular weight is 234 g/mol. The molecule has 94 valence electrons. The minimum Gasteiger partial charge on any atom is -0.352 e. The molecule has 2 unspecified atom stereocenters. The lowest BCUT2D eigenvalue weighted by atomic mass is 9.92. The van der Waals surface area contributed by atoms with E-state index < -0.39 is 0 Å². The molecular weight excluding hydrogens is 212 g/mol. The van der Waals surface area contributed by atoms with Gasteiger partial charge in [0, 0.05) is 30.9 Å². The number of hydrogen-bond acceptors (Lipinski definition) is 4. The van der Waals surface area contributed by atoms with Gasteiger partial charge in [-0.1, -0.05) is 13.8 Å². The van der Waals surface area contributed by atoms with Crippen molar-refractivity contribution in [2.75, 3.05) is 18.0 Å². The van der Waals surface area contributed by atoms with Crippen LogP contribution in [0.15, 0.2) is 12.4 Å². The van der Waals surface area contributed by atoms with Crippen LogP contribution in [0.3, 0.4) is 0 Å². The molecule has 2 atom stereocenters. The third-order valence-electron chi connectivity index (χ3n) is 3.62. The van der Waals surface area contributed by atoms with Crippen LogP contribution in [0.1, 0.15) is 32.4 Å². The van der Waals surface area contributed by atoms with E-state index in [0.717, 1.165) is 30.4 Å². The molecule has 2 heterocycles. The molecule has 1 aliphatic heterocycles. The molecule has 0 aliphatic carbocycles. The predicted molar refractivity (Wildman–Crippen MR) is 70.0 cm³/mol. The minimum absolute atomic E-state index is 0.429. The molecule has 1 aliphatic rings. The zero-order chi connectivity index (χ0) is 12.3. The summed E-state index contributed by atoms with van der Waals surface area (Å²) in [5.74, 6) is 1.81. The van der Waals surface area contributed by atoms with Crippen LogP contribution in [0, 0.1) is 5.92 Å². The van der Waals surface area contributed by atoms with Crippen LogP contribution in [-0.4, -0.2) is 29.1 Å². The van der Waals surface area contributed by atoms with E-state index in [1.807, 2.05) is 0 Å². The highest BCUT2D eigenvalue weighted by molar-refractivity contribution is 5.41. The zero-order valence-corrected chi connectivity index (χ0v) is 10.8. The van der Waals surface area contributed by atoms with Gasteiger partial charge >= 0.3 is 0 Å². The summed E-state index contributed by atoms with van der Waals surface area (Å²) in [6.45, 7) is 6.18. The molecule has 2 rings (SSSR count). The maximum atomic E-state index is 5.88. The molecule has 1 aromatic rings. The van der Waals surface area contributed by atoms with Gasteiger partial charge in [0.05, 0.1) is 0 Å². The van der Waals surface area contributed by atoms with E-state index in [1.54, 1.807) is 6.33 Å². The second kappa shape index (κ2) is 5.45. The summed E-state index contributed by atoms with van der Waals surface area (Å²) in [6.07, 6.45) is 5.01. The van der Waals surface area contributed by atoms with Crippen molar-refractivity contribution in [3.8, 4) is 0 Å². The summed E-state index contributed by atoms with van der Waals surface area (Å²) in [5, 5.41) is 0. The first-order chi connectivity index (χ1) is 8.24. The highest BCUT2D eigenvalue weighted by Gasteiger charge is 2.26. The fourth-order valence-electron chi connectivity index (χ4n) is 2.51. The van der Waals surface area contributed by atoms with Crippen molar-refractivity contribution in [3.05, 3.63) is 18.1 Å². The Morgan fingerprint density at radius 2 is 2.29 bits per heavy atom. The van der Waals surface area contributed by atoms with Crippen LogP contribution in [0.25, 0.3) is 0 Å². The Balaban J connectivity index is 2.19. The summed E-state index contributed by atoms with van der Waals surface area (Å²) in [7, 11) is 0. The van der Waals surface area contributed by atoms with Crippen molar-refractivity contribution in [3.63, 3.8) is 0 Å². The Morgan fingerprint density at radius 1 is 1.47 bits per heavy atom. The number of rotatable bonds is 3. The zero-order valence-electron chi connectivity index (χ0n) is 10.8. The number of anilines is 1. The predicted octanol–water partition coefficient (Wildman–Crippen LogP) is 1.60. The Hall–Kier alpha value is -1.16. The molecule has 1 fully saturated rings. The number of nitrogens with zero attached hydrogens (tertiary/aromatic N) is 3. The molecule has 0 amide bonds. The van der Waals surface area contributed by atoms with E-state index in [4.69, 9.17) is 5.73 Å². The number of hydrogen-bond donors (Lipinski definition) is 1. The van der Waals surface area contributed by atoms with Crippen molar-refractivity contribution < 1.29 is 0 Å². The molecule has 1 saturated heterocycles. The molecule has 17 heavy (non-hydrogen) atoms. The Bertz CT molecular complexity index is 366. The van der Waals surface area contributed by atoms with E-state index in [2.05, 4.69) is 34.8 Å². The van der Waals surface area contributed by atoms with E-state index in [9.17, 15) is 0 Å². The van der Waals surface area contributed by atoms with Gasteiger partial charge in [0.2, 0.25) is 0 Å². The molecule has 4 heteroatoms. The summed E-state index contributed by atoms with van der Waals surface area (Å²) in [5.41, 5.74) is 6.98. The highest BCUT2D eigenvalue weighted by Crippen LogP contribution is 2.26. The van der Waals surface area contributed by atoms with Gasteiger partial charge in [0.25, 0.3) is 0 Å². The first-order valence-corrected chi connectivity index (χ1v) is 6.52. The second-order valence-corrected chi connectivity index (χ2v) is 4.93. The van der Waals surface area contributed by atoms with Crippen LogP contribution >= 0.6 is 0 Å². The third-order valence-corrected chi connectivity index (χ3v) is 3.62. The molecule has 0 radical (unpaired) electrons. The first kappa shape index (κ1) is 12.3. The molecule has 1 aromatic heterocycles. The van der Waals surface area contributed by atoms with Gasteiger partial charge < -0.3 is 10.6 Å². The average Bonchev–Trinajstić information content (AvgIpc) is 2.38. The second-order valence-electron chi connectivity index (χ2n) is 4.93. The van der Waals surface area contributed by atoms with Gasteiger partial charge in [-0.3, -0.25) is 0 Å². The maximum absolute atomic E-state index is 5.88. The fourth-order valence-corrected chi connectivity index (χ4v) is 2.51. The van der Waals surface area contributed by atoms with Gasteiger partial charge in [-0.25, -0.2) is 9.97 Å². The summed E-state index contributed by atoms with van der Waals surface area (Å²) < 4.78 is 0. The van der Waals surface area contributed by atoms with E-state index in [1.165, 1.54) is 12.8 Å². The van der Waals surface area contributed by atoms with Crippen molar-refractivity contribution in [2.24, 2.45) is 11.7 Å². The summed E-state index contributed by atoms with van der Waals surface area (Å²) in [6, 6.07) is 2.52. The van der Waals surface area contributed by atoms with E-state index in [0.29, 0.717) is 12.6 Å². The lowest BCUT2D eigenvalue weighted by molar-refractivity contribution is 0.365. The normalized spacial score (nSPS) is 25.0. The van der Waals surface area contributed by atoms with E-state index >= 15 is 0 Å². The third kappa shape index (κ3) is 2.75. The Kier molecular flexibility index (Phi) is 3.94. The Labute approximate surface area is 103 Å². The number of piperidine rings is 1. The van der Waals surface area contributed by atoms with Crippen LogP contribution in [-0.2, 0) is 6.42 Å². The number of nitrogens with two attached hydrogens (primary N) is 1. The highest BCUT2D eigenvalue weighted by atomic mass is 15.2. The standard InChI is InChI=1S/C13H22N4/c1-3-11-7-13(16-9-15-11)17-5-4-10(2)6-12(17)8-14/h7,9-10,12H,3-6,8,14H2,1-2H3. The van der Waals surface area contributed by atoms with Crippen molar-refractivity contribution in [2.45, 2.75) is 39.2 Å². The molecule has 4 nitrogen and oxygen atoms in total. The quantitative estimate of drug-likeness (QED) is 0.863. The van der Waals surface area contributed by atoms with Crippen LogP contribution in [0.5, 0.6) is 0 Å². The topological polar surface area (TPSA) is 55.0 Å². The maximum Gasteiger partial charge on any atom is 0.132 e. The lowest BCUT2D eigenvalue weighted by Gasteiger charge is -2.38. The van der Waals surface area contributed by atoms with E-state index in [-0.39, 0.29) is 0 Å². The van der Waals surface area contributed by atoms with Crippen molar-refractivity contribution >= 4 is 5.82 Å². The fraction of sp³-hybridized carbons (Fsp3) is 0.692. The van der Waals surface area contributed by atoms with Gasteiger partial charge in [-0.05, 0) is 25.2 Å². The summed E-state index contributed by atoms with van der Waals surface area (Å²) >= 11 is 0. The molecule has 0 aromatic carbocycles. The van der Waals surface area contributed by atoms with Gasteiger partial charge in [-0.15, -0.1) is 0 Å². The van der Waals surface area contributed by atoms with Crippen molar-refractivity contribution in [1.82, 2.24) is 9.97 Å². The minimum atomic E-state index is 0.429. The molecular formula is C13H22N4. The lowest BCUT2D eigenvalue weighted by Crippen LogP contribution is -2.46. The van der Waals surface area contributed by atoms with Gasteiger partial charge in [0.15, 0.2) is 0 Å². The molecule has 0 bridgehead atoms. The SMILES string of the molecule is CCc1cc(N2CCC(C)CC2CN)ncn1. The number of aromatic nitrogens is 2.